The van der Waals surface area contributed by atoms with Crippen molar-refractivity contribution in [2.75, 3.05) is 6.54 Å². The van der Waals surface area contributed by atoms with E-state index in [0.717, 1.165) is 12.1 Å². The highest BCUT2D eigenvalue weighted by Crippen LogP contribution is 2.32. The normalized spacial score (nSPS) is 18.0. The Kier molecular flexibility index (Phi) is 4.16. The summed E-state index contributed by atoms with van der Waals surface area (Å²) in [7, 11) is -3.83. The molecule has 24 heavy (non-hydrogen) atoms. The predicted molar refractivity (Wildman–Crippen MR) is 85.3 cm³/mol. The van der Waals surface area contributed by atoms with Gasteiger partial charge in [0.25, 0.3) is 5.69 Å². The highest BCUT2D eigenvalue weighted by atomic mass is 32.2. The van der Waals surface area contributed by atoms with E-state index in [1.807, 2.05) is 0 Å². The Labute approximate surface area is 138 Å². The van der Waals surface area contributed by atoms with E-state index in [9.17, 15) is 22.9 Å². The molecular weight excluding hydrogens is 335 g/mol. The standard InChI is InChI=1S/C16H13FN2O4S/c17-13-5-3-12(4-6-13)16-2-1-11-18(16)24(22,23)15-9-7-14(8-10-15)19(20)21/h1-10,16H,11H2/t16-/m0/s1. The van der Waals surface area contributed by atoms with E-state index in [4.69, 9.17) is 0 Å². The lowest BCUT2D eigenvalue weighted by molar-refractivity contribution is -0.384. The van der Waals surface area contributed by atoms with Gasteiger partial charge >= 0.3 is 0 Å². The Bertz CT molecular complexity index is 893. The van der Waals surface area contributed by atoms with Gasteiger partial charge in [0.05, 0.1) is 15.9 Å². The number of nitro benzene ring substituents is 1. The van der Waals surface area contributed by atoms with E-state index >= 15 is 0 Å². The molecule has 8 heteroatoms. The highest BCUT2D eigenvalue weighted by molar-refractivity contribution is 7.89. The molecule has 0 radical (unpaired) electrons. The molecular formula is C16H13FN2O4S. The zero-order valence-electron chi connectivity index (χ0n) is 12.4. The van der Waals surface area contributed by atoms with Crippen LogP contribution < -0.4 is 0 Å². The van der Waals surface area contributed by atoms with Gasteiger partial charge in [-0.3, -0.25) is 10.1 Å². The smallest absolute Gasteiger partial charge is 0.258 e. The van der Waals surface area contributed by atoms with Crippen molar-refractivity contribution in [3.63, 3.8) is 0 Å². The summed E-state index contributed by atoms with van der Waals surface area (Å²) in [5, 5.41) is 10.7. The Morgan fingerprint density at radius 2 is 1.71 bits per heavy atom. The number of nitro groups is 1. The predicted octanol–water partition coefficient (Wildman–Crippen LogP) is 3.04. The van der Waals surface area contributed by atoms with Crippen molar-refractivity contribution < 1.29 is 17.7 Å². The SMILES string of the molecule is O=[N+]([O-])c1ccc(S(=O)(=O)N2CC=C[C@H]2c2ccc(F)cc2)cc1. The van der Waals surface area contributed by atoms with Crippen LogP contribution in [0.3, 0.4) is 0 Å². The number of non-ortho nitro benzene ring substituents is 1. The molecule has 0 unspecified atom stereocenters. The average Bonchev–Trinajstić information content (AvgIpc) is 3.06. The number of nitrogens with zero attached hydrogens (tertiary/aromatic N) is 2. The summed E-state index contributed by atoms with van der Waals surface area (Å²) in [4.78, 5) is 10.1. The Morgan fingerprint density at radius 1 is 1.08 bits per heavy atom. The largest absolute Gasteiger partial charge is 0.269 e. The van der Waals surface area contributed by atoms with Crippen molar-refractivity contribution in [3.8, 4) is 0 Å². The molecule has 0 bridgehead atoms. The first-order valence-corrected chi connectivity index (χ1v) is 8.52. The van der Waals surface area contributed by atoms with Crippen LogP contribution in [0.4, 0.5) is 10.1 Å². The molecule has 0 spiro atoms. The van der Waals surface area contributed by atoms with Gasteiger partial charge in [-0.25, -0.2) is 12.8 Å². The molecule has 1 heterocycles. The first kappa shape index (κ1) is 16.3. The van der Waals surface area contributed by atoms with Crippen LogP contribution in [0.5, 0.6) is 0 Å². The van der Waals surface area contributed by atoms with Crippen LogP contribution in [0.25, 0.3) is 0 Å². The van der Waals surface area contributed by atoms with Crippen molar-refractivity contribution in [2.24, 2.45) is 0 Å². The van der Waals surface area contributed by atoms with E-state index in [1.165, 1.54) is 40.7 Å². The Balaban J connectivity index is 1.93. The minimum Gasteiger partial charge on any atom is -0.258 e. The second-order valence-electron chi connectivity index (χ2n) is 5.25. The lowest BCUT2D eigenvalue weighted by Crippen LogP contribution is -2.31. The van der Waals surface area contributed by atoms with Crippen LogP contribution in [0, 0.1) is 15.9 Å². The monoisotopic (exact) mass is 348 g/mol. The first-order chi connectivity index (χ1) is 11.4. The fraction of sp³-hybridized carbons (Fsp3) is 0.125. The van der Waals surface area contributed by atoms with Gasteiger partial charge < -0.3 is 0 Å². The topological polar surface area (TPSA) is 80.5 Å². The third kappa shape index (κ3) is 2.93. The fourth-order valence-corrected chi connectivity index (χ4v) is 4.09. The average molecular weight is 348 g/mol. The van der Waals surface area contributed by atoms with Crippen LogP contribution in [-0.4, -0.2) is 24.2 Å². The van der Waals surface area contributed by atoms with E-state index in [2.05, 4.69) is 0 Å². The van der Waals surface area contributed by atoms with E-state index < -0.39 is 26.8 Å². The van der Waals surface area contributed by atoms with Gasteiger partial charge in [0, 0.05) is 18.7 Å². The van der Waals surface area contributed by atoms with Crippen LogP contribution in [0.2, 0.25) is 0 Å². The summed E-state index contributed by atoms with van der Waals surface area (Å²) >= 11 is 0. The van der Waals surface area contributed by atoms with Crippen molar-refractivity contribution in [1.29, 1.82) is 0 Å². The number of benzene rings is 2. The molecule has 2 aromatic carbocycles. The Hall–Kier alpha value is -2.58. The van der Waals surface area contributed by atoms with Gasteiger partial charge in [-0.2, -0.15) is 4.31 Å². The molecule has 2 aromatic rings. The molecule has 3 rings (SSSR count). The highest BCUT2D eigenvalue weighted by Gasteiger charge is 2.33. The van der Waals surface area contributed by atoms with E-state index in [1.54, 1.807) is 12.2 Å². The van der Waals surface area contributed by atoms with E-state index in [0.29, 0.717) is 5.56 Å². The number of hydrogen-bond donors (Lipinski definition) is 0. The summed E-state index contributed by atoms with van der Waals surface area (Å²) in [6, 6.07) is 9.83. The second-order valence-corrected chi connectivity index (χ2v) is 7.14. The number of hydrogen-bond acceptors (Lipinski definition) is 4. The maximum absolute atomic E-state index is 13.1. The molecule has 0 fully saturated rings. The molecule has 0 aliphatic carbocycles. The molecule has 0 amide bonds. The molecule has 6 nitrogen and oxygen atoms in total. The van der Waals surface area contributed by atoms with Crippen LogP contribution in [-0.2, 0) is 10.0 Å². The van der Waals surface area contributed by atoms with Crippen LogP contribution in [0.15, 0.2) is 65.6 Å². The molecule has 0 saturated carbocycles. The summed E-state index contributed by atoms with van der Waals surface area (Å²) in [6.45, 7) is 0.182. The van der Waals surface area contributed by atoms with Crippen molar-refractivity contribution in [3.05, 3.63) is 82.2 Å². The third-order valence-electron chi connectivity index (χ3n) is 3.78. The zero-order valence-corrected chi connectivity index (χ0v) is 13.2. The van der Waals surface area contributed by atoms with Crippen molar-refractivity contribution in [1.82, 2.24) is 4.31 Å². The molecule has 0 aromatic heterocycles. The van der Waals surface area contributed by atoms with Gasteiger partial charge in [0.1, 0.15) is 5.82 Å². The minimum atomic E-state index is -3.83. The molecule has 0 saturated heterocycles. The summed E-state index contributed by atoms with van der Waals surface area (Å²) < 4.78 is 39.9. The maximum atomic E-state index is 13.1. The molecule has 1 atom stereocenters. The lowest BCUT2D eigenvalue weighted by Gasteiger charge is -2.24. The van der Waals surface area contributed by atoms with Gasteiger partial charge in [-0.1, -0.05) is 24.3 Å². The molecule has 1 aliphatic rings. The fourth-order valence-electron chi connectivity index (χ4n) is 2.56. The maximum Gasteiger partial charge on any atom is 0.269 e. The van der Waals surface area contributed by atoms with Gasteiger partial charge in [0.15, 0.2) is 0 Å². The lowest BCUT2D eigenvalue weighted by atomic mass is 10.1. The first-order valence-electron chi connectivity index (χ1n) is 7.08. The molecule has 1 aliphatic heterocycles. The van der Waals surface area contributed by atoms with Gasteiger partial charge in [-0.05, 0) is 29.8 Å². The van der Waals surface area contributed by atoms with Crippen molar-refractivity contribution >= 4 is 15.7 Å². The number of halogens is 1. The van der Waals surface area contributed by atoms with Crippen LogP contribution in [0.1, 0.15) is 11.6 Å². The summed E-state index contributed by atoms with van der Waals surface area (Å²) in [5.74, 6) is -0.398. The van der Waals surface area contributed by atoms with Gasteiger partial charge in [0.2, 0.25) is 10.0 Å². The second kappa shape index (κ2) is 6.14. The quantitative estimate of drug-likeness (QED) is 0.483. The summed E-state index contributed by atoms with van der Waals surface area (Å²) in [5.41, 5.74) is 0.471. The van der Waals surface area contributed by atoms with Crippen LogP contribution >= 0.6 is 0 Å². The number of sulfonamides is 1. The van der Waals surface area contributed by atoms with Crippen molar-refractivity contribution in [2.45, 2.75) is 10.9 Å². The van der Waals surface area contributed by atoms with Gasteiger partial charge in [-0.15, -0.1) is 0 Å². The third-order valence-corrected chi connectivity index (χ3v) is 5.64. The number of rotatable bonds is 4. The zero-order chi connectivity index (χ0) is 17.3. The minimum absolute atomic E-state index is 0.0242. The Morgan fingerprint density at radius 3 is 2.29 bits per heavy atom. The molecule has 124 valence electrons. The summed E-state index contributed by atoms with van der Waals surface area (Å²) in [6.07, 6.45) is 3.45. The molecule has 0 N–H and O–H groups in total. The van der Waals surface area contributed by atoms with E-state index in [-0.39, 0.29) is 17.1 Å².